The van der Waals surface area contributed by atoms with Crippen molar-refractivity contribution in [2.45, 2.75) is 57.1 Å². The smallest absolute Gasteiger partial charge is 0.163 e. The Morgan fingerprint density at radius 3 is 3.00 bits per heavy atom. The highest BCUT2D eigenvalue weighted by atomic mass is 16.8. The van der Waals surface area contributed by atoms with E-state index in [9.17, 15) is 0 Å². The molecule has 3 aliphatic rings. The Labute approximate surface area is 91.0 Å². The molecule has 84 valence electrons. The van der Waals surface area contributed by atoms with Crippen molar-refractivity contribution >= 4 is 0 Å². The molecule has 3 saturated heterocycles. The molecule has 0 N–H and O–H groups in total. The van der Waals surface area contributed by atoms with Crippen molar-refractivity contribution in [3.05, 3.63) is 12.3 Å². The molecule has 3 heterocycles. The predicted molar refractivity (Wildman–Crippen MR) is 57.3 cm³/mol. The van der Waals surface area contributed by atoms with Crippen LogP contribution >= 0.6 is 0 Å². The zero-order valence-corrected chi connectivity index (χ0v) is 9.53. The van der Waals surface area contributed by atoms with Crippen molar-refractivity contribution in [3.8, 4) is 0 Å². The normalized spacial score (nSPS) is 42.9. The Morgan fingerprint density at radius 1 is 1.40 bits per heavy atom. The molecule has 0 amide bonds. The molecule has 0 aromatic carbocycles. The lowest BCUT2D eigenvalue weighted by molar-refractivity contribution is -0.161. The van der Waals surface area contributed by atoms with E-state index >= 15 is 0 Å². The van der Waals surface area contributed by atoms with Gasteiger partial charge in [-0.05, 0) is 33.1 Å². The van der Waals surface area contributed by atoms with Crippen LogP contribution in [0.25, 0.3) is 0 Å². The van der Waals surface area contributed by atoms with E-state index in [-0.39, 0.29) is 18.0 Å². The maximum Gasteiger partial charge on any atom is 0.163 e. The van der Waals surface area contributed by atoms with E-state index in [1.54, 1.807) is 0 Å². The number of hydrogen-bond donors (Lipinski definition) is 0. The van der Waals surface area contributed by atoms with Gasteiger partial charge in [-0.2, -0.15) is 0 Å². The lowest BCUT2D eigenvalue weighted by Gasteiger charge is -2.36. The first-order valence-corrected chi connectivity index (χ1v) is 5.87. The highest BCUT2D eigenvalue weighted by molar-refractivity contribution is 5.11. The van der Waals surface area contributed by atoms with E-state index in [1.165, 1.54) is 18.5 Å². The number of piperidine rings is 1. The average Bonchev–Trinajstić information content (AvgIpc) is 2.59. The summed E-state index contributed by atoms with van der Waals surface area (Å²) >= 11 is 0. The van der Waals surface area contributed by atoms with Gasteiger partial charge >= 0.3 is 0 Å². The summed E-state index contributed by atoms with van der Waals surface area (Å²) in [6.45, 7) is 9.12. The Bertz CT molecular complexity index is 300. The summed E-state index contributed by atoms with van der Waals surface area (Å²) in [5, 5.41) is 0. The van der Waals surface area contributed by atoms with Gasteiger partial charge in [0.15, 0.2) is 5.79 Å². The van der Waals surface area contributed by atoms with Crippen molar-refractivity contribution in [2.24, 2.45) is 0 Å². The van der Waals surface area contributed by atoms with Crippen LogP contribution in [0.4, 0.5) is 0 Å². The van der Waals surface area contributed by atoms with Crippen LogP contribution < -0.4 is 0 Å². The zero-order chi connectivity index (χ0) is 10.6. The minimum absolute atomic E-state index is 0.250. The molecule has 3 atom stereocenters. The molecule has 3 unspecified atom stereocenters. The van der Waals surface area contributed by atoms with Crippen LogP contribution in [-0.4, -0.2) is 35.5 Å². The second-order valence-electron chi connectivity index (χ2n) is 5.32. The number of hydrogen-bond acceptors (Lipinski definition) is 3. The van der Waals surface area contributed by atoms with Crippen LogP contribution in [0, 0.1) is 0 Å². The van der Waals surface area contributed by atoms with Crippen LogP contribution in [0.15, 0.2) is 12.3 Å². The average molecular weight is 209 g/mol. The van der Waals surface area contributed by atoms with E-state index in [0.717, 1.165) is 13.0 Å². The molecule has 3 fully saturated rings. The van der Waals surface area contributed by atoms with Crippen LogP contribution in [0.2, 0.25) is 0 Å². The molecule has 0 radical (unpaired) electrons. The molecule has 0 saturated carbocycles. The summed E-state index contributed by atoms with van der Waals surface area (Å²) in [5.41, 5.74) is 1.27. The standard InChI is InChI=1S/C12H19NO2/c1-8-5-4-6-9-11-10(7-13(8)9)14-12(2,3)15-11/h9-11H,1,4-7H2,2-3H3. The largest absolute Gasteiger partial charge is 0.367 e. The van der Waals surface area contributed by atoms with Crippen LogP contribution in [-0.2, 0) is 9.47 Å². The van der Waals surface area contributed by atoms with E-state index in [0.29, 0.717) is 6.04 Å². The zero-order valence-electron chi connectivity index (χ0n) is 9.53. The maximum atomic E-state index is 5.99. The van der Waals surface area contributed by atoms with Crippen molar-refractivity contribution in [3.63, 3.8) is 0 Å². The van der Waals surface area contributed by atoms with E-state index in [4.69, 9.17) is 9.47 Å². The van der Waals surface area contributed by atoms with Crippen LogP contribution in [0.1, 0.15) is 33.1 Å². The van der Waals surface area contributed by atoms with Crippen LogP contribution in [0.5, 0.6) is 0 Å². The SMILES string of the molecule is C=C1CCCC2C3OC(C)(C)OC3CN12. The summed E-state index contributed by atoms with van der Waals surface area (Å²) in [5.74, 6) is -0.389. The quantitative estimate of drug-likeness (QED) is 0.608. The van der Waals surface area contributed by atoms with Gasteiger partial charge < -0.3 is 14.4 Å². The third kappa shape index (κ3) is 1.41. The molecule has 3 nitrogen and oxygen atoms in total. The molecule has 3 aliphatic heterocycles. The molecule has 3 heteroatoms. The highest BCUT2D eigenvalue weighted by Gasteiger charge is 2.53. The second-order valence-corrected chi connectivity index (χ2v) is 5.32. The van der Waals surface area contributed by atoms with Gasteiger partial charge in [0.1, 0.15) is 12.2 Å². The first-order chi connectivity index (χ1) is 7.07. The van der Waals surface area contributed by atoms with Crippen molar-refractivity contribution in [2.75, 3.05) is 6.54 Å². The Balaban J connectivity index is 1.82. The fourth-order valence-electron chi connectivity index (χ4n) is 3.18. The maximum absolute atomic E-state index is 5.99. The fraction of sp³-hybridized carbons (Fsp3) is 0.833. The molecular formula is C12H19NO2. The highest BCUT2D eigenvalue weighted by Crippen LogP contribution is 2.42. The van der Waals surface area contributed by atoms with Gasteiger partial charge in [-0.25, -0.2) is 0 Å². The first kappa shape index (κ1) is 9.67. The molecule has 0 bridgehead atoms. The second kappa shape index (κ2) is 2.98. The van der Waals surface area contributed by atoms with E-state index in [2.05, 4.69) is 11.5 Å². The molecule has 0 aromatic heterocycles. The van der Waals surface area contributed by atoms with Crippen molar-refractivity contribution in [1.29, 1.82) is 0 Å². The van der Waals surface area contributed by atoms with Gasteiger partial charge in [0, 0.05) is 12.2 Å². The Hall–Kier alpha value is -0.540. The molecule has 15 heavy (non-hydrogen) atoms. The summed E-state index contributed by atoms with van der Waals surface area (Å²) < 4.78 is 11.9. The van der Waals surface area contributed by atoms with Gasteiger partial charge in [-0.1, -0.05) is 6.58 Å². The van der Waals surface area contributed by atoms with Gasteiger partial charge in [0.25, 0.3) is 0 Å². The minimum Gasteiger partial charge on any atom is -0.367 e. The Kier molecular flexibility index (Phi) is 1.92. The summed E-state index contributed by atoms with van der Waals surface area (Å²) in [7, 11) is 0. The predicted octanol–water partition coefficient (Wildman–Crippen LogP) is 1.89. The lowest BCUT2D eigenvalue weighted by atomic mass is 9.99. The number of fused-ring (bicyclic) bond motifs is 3. The van der Waals surface area contributed by atoms with Gasteiger partial charge in [0.05, 0.1) is 6.04 Å². The number of allylic oxidation sites excluding steroid dienone is 1. The number of ether oxygens (including phenoxy) is 2. The third-order valence-corrected chi connectivity index (χ3v) is 3.75. The topological polar surface area (TPSA) is 21.7 Å². The summed E-state index contributed by atoms with van der Waals surface area (Å²) in [6, 6.07) is 0.512. The third-order valence-electron chi connectivity index (χ3n) is 3.75. The molecule has 0 aromatic rings. The van der Waals surface area contributed by atoms with E-state index in [1.807, 2.05) is 13.8 Å². The minimum atomic E-state index is -0.389. The monoisotopic (exact) mass is 209 g/mol. The summed E-state index contributed by atoms with van der Waals surface area (Å²) in [4.78, 5) is 2.40. The van der Waals surface area contributed by atoms with Gasteiger partial charge in [-0.3, -0.25) is 0 Å². The molecule has 3 rings (SSSR count). The Morgan fingerprint density at radius 2 is 2.20 bits per heavy atom. The fourth-order valence-corrected chi connectivity index (χ4v) is 3.18. The first-order valence-electron chi connectivity index (χ1n) is 5.87. The number of nitrogens with zero attached hydrogens (tertiary/aromatic N) is 1. The van der Waals surface area contributed by atoms with Crippen molar-refractivity contribution < 1.29 is 9.47 Å². The molecule has 0 aliphatic carbocycles. The number of rotatable bonds is 0. The lowest BCUT2D eigenvalue weighted by Crippen LogP contribution is -2.40. The summed E-state index contributed by atoms with van der Waals surface area (Å²) in [6.07, 6.45) is 4.11. The van der Waals surface area contributed by atoms with Crippen molar-refractivity contribution in [1.82, 2.24) is 4.90 Å². The molecular weight excluding hydrogens is 190 g/mol. The van der Waals surface area contributed by atoms with Gasteiger partial charge in [0.2, 0.25) is 0 Å². The van der Waals surface area contributed by atoms with E-state index < -0.39 is 0 Å². The van der Waals surface area contributed by atoms with Crippen LogP contribution in [0.3, 0.4) is 0 Å². The van der Waals surface area contributed by atoms with Gasteiger partial charge in [-0.15, -0.1) is 0 Å². The molecule has 0 spiro atoms.